The Morgan fingerprint density at radius 2 is 2.04 bits per heavy atom. The van der Waals surface area contributed by atoms with Crippen LogP contribution in [-0.2, 0) is 6.42 Å². The van der Waals surface area contributed by atoms with E-state index in [0.29, 0.717) is 17.2 Å². The van der Waals surface area contributed by atoms with Crippen molar-refractivity contribution in [1.29, 1.82) is 0 Å². The van der Waals surface area contributed by atoms with Gasteiger partial charge in [-0.05, 0) is 112 Å². The van der Waals surface area contributed by atoms with E-state index in [2.05, 4.69) is 44.2 Å². The Labute approximate surface area is 165 Å². The molecule has 1 aromatic rings. The van der Waals surface area contributed by atoms with Crippen molar-refractivity contribution >= 4 is 0 Å². The molecule has 2 N–H and O–H groups in total. The second-order valence-electron chi connectivity index (χ2n) is 10.1. The number of fused-ring (bicyclic) bond motifs is 5. The topological polar surface area (TPSA) is 35.5 Å². The average molecular weight is 371 g/mol. The Hall–Kier alpha value is -1.06. The average Bonchev–Trinajstić information content (AvgIpc) is 2.98. The second kappa shape index (κ2) is 7.40. The van der Waals surface area contributed by atoms with E-state index in [9.17, 15) is 5.11 Å². The van der Waals surface area contributed by atoms with Gasteiger partial charge in [-0.2, -0.15) is 0 Å². The molecule has 0 aromatic heterocycles. The van der Waals surface area contributed by atoms with Crippen LogP contribution in [0.15, 0.2) is 18.2 Å². The third-order valence-electron chi connectivity index (χ3n) is 8.41. The number of phenolic OH excluding ortho intramolecular Hbond substituents is 1. The molecule has 0 heterocycles. The van der Waals surface area contributed by atoms with Gasteiger partial charge >= 0.3 is 0 Å². The third-order valence-corrected chi connectivity index (χ3v) is 8.41. The van der Waals surface area contributed by atoms with E-state index in [1.807, 2.05) is 12.1 Å². The first kappa shape index (κ1) is 19.3. The lowest BCUT2D eigenvalue weighted by atomic mass is 9.53. The van der Waals surface area contributed by atoms with Crippen molar-refractivity contribution in [3.8, 4) is 5.75 Å². The monoisotopic (exact) mass is 370 g/mol. The minimum absolute atomic E-state index is 0.436. The molecule has 0 aliphatic heterocycles. The number of aromatic hydroxyl groups is 1. The van der Waals surface area contributed by atoms with Gasteiger partial charge in [0.25, 0.3) is 0 Å². The van der Waals surface area contributed by atoms with Crippen molar-refractivity contribution < 1.29 is 5.11 Å². The van der Waals surface area contributed by atoms with Gasteiger partial charge in [-0.1, -0.05) is 13.0 Å². The van der Waals surface area contributed by atoms with Crippen LogP contribution in [0.3, 0.4) is 0 Å². The molecule has 0 amide bonds. The van der Waals surface area contributed by atoms with Gasteiger partial charge < -0.3 is 15.3 Å². The maximum Gasteiger partial charge on any atom is 0.115 e. The highest BCUT2D eigenvalue weighted by Gasteiger charge is 2.55. The van der Waals surface area contributed by atoms with Crippen LogP contribution in [-0.4, -0.2) is 43.2 Å². The zero-order chi connectivity index (χ0) is 19.2. The number of rotatable bonds is 5. The van der Waals surface area contributed by atoms with Crippen LogP contribution in [0.5, 0.6) is 5.75 Å². The smallest absolute Gasteiger partial charge is 0.115 e. The fourth-order valence-electron chi connectivity index (χ4n) is 7.09. The van der Waals surface area contributed by atoms with Crippen molar-refractivity contribution in [2.24, 2.45) is 23.2 Å². The third kappa shape index (κ3) is 3.42. The first-order valence-electron chi connectivity index (χ1n) is 11.1. The molecule has 6 atom stereocenters. The van der Waals surface area contributed by atoms with Crippen LogP contribution in [0.25, 0.3) is 0 Å². The molecule has 3 nitrogen and oxygen atoms in total. The molecule has 4 rings (SSSR count). The number of nitrogens with zero attached hydrogens (tertiary/aromatic N) is 1. The molecule has 2 fully saturated rings. The second-order valence-corrected chi connectivity index (χ2v) is 10.1. The largest absolute Gasteiger partial charge is 0.508 e. The van der Waals surface area contributed by atoms with Crippen LogP contribution in [0.2, 0.25) is 0 Å². The lowest BCUT2D eigenvalue weighted by Crippen LogP contribution is -2.48. The summed E-state index contributed by atoms with van der Waals surface area (Å²) in [7, 11) is 4.31. The molecule has 3 aliphatic rings. The molecule has 150 valence electrons. The number of hydrogen-bond acceptors (Lipinski definition) is 3. The summed E-state index contributed by atoms with van der Waals surface area (Å²) in [6.07, 6.45) is 7.97. The predicted molar refractivity (Wildman–Crippen MR) is 112 cm³/mol. The van der Waals surface area contributed by atoms with Crippen LogP contribution >= 0.6 is 0 Å². The van der Waals surface area contributed by atoms with Gasteiger partial charge in [0.1, 0.15) is 5.75 Å². The molecule has 0 bridgehead atoms. The zero-order valence-corrected chi connectivity index (χ0v) is 17.7. The lowest BCUT2D eigenvalue weighted by Gasteiger charge is -2.52. The van der Waals surface area contributed by atoms with E-state index in [1.165, 1.54) is 37.7 Å². The molecule has 3 heteroatoms. The Kier molecular flexibility index (Phi) is 5.28. The maximum atomic E-state index is 9.87. The number of likely N-dealkylation sites (N-methyl/N-ethyl adjacent to an activating group) is 1. The molecular formula is C24H38N2O. The van der Waals surface area contributed by atoms with Crippen LogP contribution in [0.1, 0.15) is 63.0 Å². The highest BCUT2D eigenvalue weighted by atomic mass is 16.3. The van der Waals surface area contributed by atoms with Gasteiger partial charge in [0.15, 0.2) is 0 Å². The van der Waals surface area contributed by atoms with Gasteiger partial charge in [0, 0.05) is 19.1 Å². The summed E-state index contributed by atoms with van der Waals surface area (Å²) in [5, 5.41) is 13.7. The normalized spacial score (nSPS) is 36.2. The van der Waals surface area contributed by atoms with Gasteiger partial charge in [0.2, 0.25) is 0 Å². The molecule has 0 spiro atoms. The first-order chi connectivity index (χ1) is 12.9. The number of benzene rings is 1. The van der Waals surface area contributed by atoms with Gasteiger partial charge in [-0.3, -0.25) is 0 Å². The maximum absolute atomic E-state index is 9.87. The van der Waals surface area contributed by atoms with Gasteiger partial charge in [-0.15, -0.1) is 0 Å². The molecule has 0 unspecified atom stereocenters. The van der Waals surface area contributed by atoms with Crippen molar-refractivity contribution in [3.05, 3.63) is 29.3 Å². The van der Waals surface area contributed by atoms with Crippen LogP contribution in [0.4, 0.5) is 0 Å². The molecule has 0 radical (unpaired) electrons. The number of aryl methyl sites for hydroxylation is 1. The number of hydrogen-bond donors (Lipinski definition) is 2. The standard InChI is InChI=1S/C24H38N2O/c1-16(25-13-14-26(3)4)22-9-10-23-21-7-5-17-15-18(27)6-8-19(17)20(21)11-12-24(22,23)2/h6,8,15-16,20-23,25,27H,5,7,9-14H2,1-4H3/t16-,20+,21+,22+,23-,24+/m0/s1. The van der Waals surface area contributed by atoms with E-state index < -0.39 is 0 Å². The summed E-state index contributed by atoms with van der Waals surface area (Å²) >= 11 is 0. The minimum Gasteiger partial charge on any atom is -0.508 e. The molecule has 0 saturated heterocycles. The minimum atomic E-state index is 0.436. The Morgan fingerprint density at radius 1 is 1.22 bits per heavy atom. The van der Waals surface area contributed by atoms with E-state index >= 15 is 0 Å². The molecule has 2 saturated carbocycles. The Balaban J connectivity index is 1.49. The Morgan fingerprint density at radius 3 is 2.81 bits per heavy atom. The quantitative estimate of drug-likeness (QED) is 0.806. The van der Waals surface area contributed by atoms with Crippen molar-refractivity contribution in [3.63, 3.8) is 0 Å². The highest BCUT2D eigenvalue weighted by Crippen LogP contribution is 2.63. The summed E-state index contributed by atoms with van der Waals surface area (Å²) in [6, 6.07) is 6.77. The van der Waals surface area contributed by atoms with E-state index in [4.69, 9.17) is 0 Å². The van der Waals surface area contributed by atoms with E-state index in [0.717, 1.165) is 43.2 Å². The predicted octanol–water partition coefficient (Wildman–Crippen LogP) is 4.40. The van der Waals surface area contributed by atoms with Crippen molar-refractivity contribution in [2.75, 3.05) is 27.2 Å². The van der Waals surface area contributed by atoms with Crippen molar-refractivity contribution in [2.45, 2.75) is 64.3 Å². The van der Waals surface area contributed by atoms with Crippen LogP contribution in [0, 0.1) is 23.2 Å². The lowest BCUT2D eigenvalue weighted by molar-refractivity contribution is 0.0181. The summed E-state index contributed by atoms with van der Waals surface area (Å²) in [4.78, 5) is 2.27. The summed E-state index contributed by atoms with van der Waals surface area (Å²) < 4.78 is 0. The van der Waals surface area contributed by atoms with E-state index in [1.54, 1.807) is 5.56 Å². The first-order valence-corrected chi connectivity index (χ1v) is 11.1. The van der Waals surface area contributed by atoms with Gasteiger partial charge in [-0.25, -0.2) is 0 Å². The molecular weight excluding hydrogens is 332 g/mol. The van der Waals surface area contributed by atoms with Gasteiger partial charge in [0.05, 0.1) is 0 Å². The number of nitrogens with one attached hydrogen (secondary N) is 1. The highest BCUT2D eigenvalue weighted by molar-refractivity contribution is 5.40. The number of phenols is 1. The summed E-state index contributed by atoms with van der Waals surface area (Å²) in [5.41, 5.74) is 3.46. The zero-order valence-electron chi connectivity index (χ0n) is 17.7. The van der Waals surface area contributed by atoms with Crippen LogP contribution < -0.4 is 5.32 Å². The summed E-state index contributed by atoms with van der Waals surface area (Å²) in [5.74, 6) is 3.70. The fourth-order valence-corrected chi connectivity index (χ4v) is 7.09. The molecule has 27 heavy (non-hydrogen) atoms. The summed E-state index contributed by atoms with van der Waals surface area (Å²) in [6.45, 7) is 7.25. The SMILES string of the molecule is C[C@H](NCCN(C)C)[C@H]1CC[C@H]2[C@@H]3CCc4cc(O)ccc4[C@H]3CC[C@]12C. The van der Waals surface area contributed by atoms with Crippen molar-refractivity contribution in [1.82, 2.24) is 10.2 Å². The Bertz CT molecular complexity index is 672. The van der Waals surface area contributed by atoms with E-state index in [-0.39, 0.29) is 0 Å². The molecule has 1 aromatic carbocycles. The fraction of sp³-hybridized carbons (Fsp3) is 0.750. The molecule has 3 aliphatic carbocycles.